The summed E-state index contributed by atoms with van der Waals surface area (Å²) in [5.41, 5.74) is -0.359. The Morgan fingerprint density at radius 2 is 1.85 bits per heavy atom. The molecule has 0 atom stereocenters. The van der Waals surface area contributed by atoms with Crippen molar-refractivity contribution in [3.05, 3.63) is 86.6 Å². The molecule has 2 aromatic carbocycles. The molecule has 130 valence electrons. The molecule has 0 spiro atoms. The van der Waals surface area contributed by atoms with Gasteiger partial charge in [-0.2, -0.15) is 0 Å². The minimum Gasteiger partial charge on any atom is -0.493 e. The van der Waals surface area contributed by atoms with Crippen molar-refractivity contribution in [2.45, 2.75) is 6.92 Å². The van der Waals surface area contributed by atoms with E-state index < -0.39 is 17.1 Å². The fourth-order valence-electron chi connectivity index (χ4n) is 2.42. The summed E-state index contributed by atoms with van der Waals surface area (Å²) in [6, 6.07) is 15.0. The highest BCUT2D eigenvalue weighted by Gasteiger charge is 2.14. The Kier molecular flexibility index (Phi) is 4.62. The lowest BCUT2D eigenvalue weighted by molar-refractivity contribution is 0.101. The number of rotatable bonds is 4. The number of aromatic amines is 1. The minimum atomic E-state index is -0.758. The predicted molar refractivity (Wildman–Crippen MR) is 98.0 cm³/mol. The molecule has 0 aliphatic heterocycles. The van der Waals surface area contributed by atoms with Crippen molar-refractivity contribution < 1.29 is 9.90 Å². The van der Waals surface area contributed by atoms with E-state index in [1.54, 1.807) is 54.6 Å². The molecule has 0 amide bonds. The summed E-state index contributed by atoms with van der Waals surface area (Å²) in [7, 11) is 0. The van der Waals surface area contributed by atoms with Gasteiger partial charge in [0.05, 0.1) is 11.4 Å². The number of hydrogen-bond donors (Lipinski definition) is 2. The van der Waals surface area contributed by atoms with Gasteiger partial charge >= 0.3 is 5.69 Å². The second-order valence-electron chi connectivity index (χ2n) is 5.53. The molecule has 0 bridgehead atoms. The van der Waals surface area contributed by atoms with E-state index in [2.05, 4.69) is 9.98 Å². The number of aromatic hydroxyl groups is 1. The molecule has 1 heterocycles. The summed E-state index contributed by atoms with van der Waals surface area (Å²) in [5, 5.41) is 10.4. The molecule has 0 fully saturated rings. The van der Waals surface area contributed by atoms with Gasteiger partial charge in [0, 0.05) is 11.8 Å². The van der Waals surface area contributed by atoms with Crippen molar-refractivity contribution in [2.75, 3.05) is 0 Å². The first-order chi connectivity index (χ1) is 12.5. The van der Waals surface area contributed by atoms with Crippen molar-refractivity contribution in [2.24, 2.45) is 4.99 Å². The van der Waals surface area contributed by atoms with Crippen LogP contribution < -0.4 is 11.2 Å². The molecule has 26 heavy (non-hydrogen) atoms. The molecule has 0 saturated heterocycles. The summed E-state index contributed by atoms with van der Waals surface area (Å²) in [6.45, 7) is 1.44. The van der Waals surface area contributed by atoms with E-state index >= 15 is 0 Å². The Morgan fingerprint density at radius 1 is 1.12 bits per heavy atom. The lowest BCUT2D eigenvalue weighted by Gasteiger charge is -2.09. The van der Waals surface area contributed by atoms with Gasteiger partial charge in [-0.1, -0.05) is 30.3 Å². The van der Waals surface area contributed by atoms with Gasteiger partial charge in [-0.3, -0.25) is 19.6 Å². The summed E-state index contributed by atoms with van der Waals surface area (Å²) in [4.78, 5) is 41.9. The van der Waals surface area contributed by atoms with Crippen LogP contribution in [0.5, 0.6) is 5.88 Å². The Bertz CT molecular complexity index is 1110. The molecule has 0 saturated carbocycles. The first-order valence-corrected chi connectivity index (χ1v) is 7.76. The highest BCUT2D eigenvalue weighted by atomic mass is 16.3. The van der Waals surface area contributed by atoms with E-state index in [4.69, 9.17) is 0 Å². The van der Waals surface area contributed by atoms with Crippen LogP contribution in [0.25, 0.3) is 5.69 Å². The second-order valence-corrected chi connectivity index (χ2v) is 5.53. The van der Waals surface area contributed by atoms with E-state index in [9.17, 15) is 19.5 Å². The monoisotopic (exact) mass is 349 g/mol. The zero-order valence-corrected chi connectivity index (χ0v) is 13.8. The maximum absolute atomic E-state index is 12.1. The highest BCUT2D eigenvalue weighted by Crippen LogP contribution is 2.17. The van der Waals surface area contributed by atoms with Crippen molar-refractivity contribution in [1.29, 1.82) is 0 Å². The van der Waals surface area contributed by atoms with E-state index in [1.165, 1.54) is 6.92 Å². The van der Waals surface area contributed by atoms with Gasteiger partial charge in [-0.15, -0.1) is 0 Å². The molecule has 7 nitrogen and oxygen atoms in total. The van der Waals surface area contributed by atoms with Crippen LogP contribution in [0.3, 0.4) is 0 Å². The second kappa shape index (κ2) is 7.02. The zero-order chi connectivity index (χ0) is 18.7. The van der Waals surface area contributed by atoms with E-state index in [0.29, 0.717) is 16.9 Å². The van der Waals surface area contributed by atoms with Gasteiger partial charge < -0.3 is 5.11 Å². The van der Waals surface area contributed by atoms with Crippen LogP contribution in [-0.2, 0) is 0 Å². The Hall–Kier alpha value is -3.74. The number of H-pyrrole nitrogens is 1. The van der Waals surface area contributed by atoms with E-state index in [0.717, 1.165) is 10.8 Å². The molecule has 0 unspecified atom stereocenters. The molecule has 0 aliphatic rings. The van der Waals surface area contributed by atoms with Gasteiger partial charge in [-0.25, -0.2) is 9.36 Å². The zero-order valence-electron chi connectivity index (χ0n) is 13.8. The average molecular weight is 349 g/mol. The summed E-state index contributed by atoms with van der Waals surface area (Å²) in [5.74, 6) is -0.628. The number of para-hydroxylation sites is 1. The van der Waals surface area contributed by atoms with Crippen LogP contribution >= 0.6 is 0 Å². The minimum absolute atomic E-state index is 0.111. The SMILES string of the molecule is CC(=O)c1cccc(N=Cc2c(O)n(-c3ccccc3)c(=O)[nH]c2=O)c1. The maximum atomic E-state index is 12.1. The third-order valence-corrected chi connectivity index (χ3v) is 3.73. The Balaban J connectivity index is 2.09. The number of nitrogens with zero attached hydrogens (tertiary/aromatic N) is 2. The number of carbonyl (C=O) groups excluding carboxylic acids is 1. The summed E-state index contributed by atoms with van der Waals surface area (Å²) in [6.07, 6.45) is 1.16. The highest BCUT2D eigenvalue weighted by molar-refractivity contribution is 5.95. The average Bonchev–Trinajstić information content (AvgIpc) is 2.62. The fourth-order valence-corrected chi connectivity index (χ4v) is 2.42. The Labute approximate surface area is 147 Å². The number of ketones is 1. The number of nitrogens with one attached hydrogen (secondary N) is 1. The lowest BCUT2D eigenvalue weighted by atomic mass is 10.1. The van der Waals surface area contributed by atoms with Crippen molar-refractivity contribution in [3.63, 3.8) is 0 Å². The molecule has 2 N–H and O–H groups in total. The van der Waals surface area contributed by atoms with Crippen LogP contribution in [0, 0.1) is 0 Å². The van der Waals surface area contributed by atoms with Gasteiger partial charge in [0.2, 0.25) is 5.88 Å². The number of hydrogen-bond acceptors (Lipinski definition) is 5. The van der Waals surface area contributed by atoms with Crippen LogP contribution in [0.4, 0.5) is 5.69 Å². The van der Waals surface area contributed by atoms with Crippen molar-refractivity contribution >= 4 is 17.7 Å². The number of aliphatic imine (C=N–C) groups is 1. The number of benzene rings is 2. The van der Waals surface area contributed by atoms with Crippen LogP contribution in [0.2, 0.25) is 0 Å². The molecule has 0 radical (unpaired) electrons. The Morgan fingerprint density at radius 3 is 2.54 bits per heavy atom. The van der Waals surface area contributed by atoms with Gasteiger partial charge in [0.1, 0.15) is 5.56 Å². The molecular formula is C19H15N3O4. The smallest absolute Gasteiger partial charge is 0.335 e. The fraction of sp³-hybridized carbons (Fsp3) is 0.0526. The molecule has 0 aliphatic carbocycles. The van der Waals surface area contributed by atoms with E-state index in [-0.39, 0.29) is 11.3 Å². The third kappa shape index (κ3) is 3.36. The van der Waals surface area contributed by atoms with Gasteiger partial charge in [0.25, 0.3) is 5.56 Å². The predicted octanol–water partition coefficient (Wildman–Crippen LogP) is 2.18. The molecule has 3 aromatic rings. The third-order valence-electron chi connectivity index (χ3n) is 3.73. The number of Topliss-reactive ketones (excluding diaryl/α,β-unsaturated/α-hetero) is 1. The summed E-state index contributed by atoms with van der Waals surface area (Å²) >= 11 is 0. The normalized spacial score (nSPS) is 11.0. The topological polar surface area (TPSA) is 105 Å². The number of aromatic nitrogens is 2. The van der Waals surface area contributed by atoms with E-state index in [1.807, 2.05) is 0 Å². The lowest BCUT2D eigenvalue weighted by Crippen LogP contribution is -2.31. The van der Waals surface area contributed by atoms with Crippen molar-refractivity contribution in [1.82, 2.24) is 9.55 Å². The molecule has 1 aromatic heterocycles. The standard InChI is InChI=1S/C19H15N3O4/c1-12(23)13-6-5-7-14(10-13)20-11-16-17(24)21-19(26)22(18(16)25)15-8-3-2-4-9-15/h2-11,25H,1H3,(H,21,24,26). The van der Waals surface area contributed by atoms with Gasteiger partial charge in [-0.05, 0) is 31.2 Å². The first-order valence-electron chi connectivity index (χ1n) is 7.76. The quantitative estimate of drug-likeness (QED) is 0.556. The molecular weight excluding hydrogens is 334 g/mol. The first kappa shape index (κ1) is 17.1. The van der Waals surface area contributed by atoms with Crippen LogP contribution in [0.15, 0.2) is 69.2 Å². The number of carbonyl (C=O) groups is 1. The van der Waals surface area contributed by atoms with Gasteiger partial charge in [0.15, 0.2) is 5.78 Å². The van der Waals surface area contributed by atoms with Crippen molar-refractivity contribution in [3.8, 4) is 11.6 Å². The summed E-state index contributed by atoms with van der Waals surface area (Å²) < 4.78 is 0.981. The maximum Gasteiger partial charge on any atom is 0.335 e. The van der Waals surface area contributed by atoms with Crippen LogP contribution in [-0.4, -0.2) is 26.7 Å². The molecule has 3 rings (SSSR count). The van der Waals surface area contributed by atoms with Crippen LogP contribution in [0.1, 0.15) is 22.8 Å². The largest absolute Gasteiger partial charge is 0.493 e. The molecule has 7 heteroatoms.